The Morgan fingerprint density at radius 3 is 2.38 bits per heavy atom. The number of aliphatic hydroxyl groups excluding tert-OH is 1. The summed E-state index contributed by atoms with van der Waals surface area (Å²) in [6, 6.07) is 10.3. The van der Waals surface area contributed by atoms with Crippen LogP contribution >= 0.6 is 11.6 Å². The molecular formula is C21H24BClFNO4. The number of amides is 1. The molecule has 1 fully saturated rings. The molecule has 3 rings (SSSR count). The van der Waals surface area contributed by atoms with Crippen molar-refractivity contribution in [3.63, 3.8) is 0 Å². The minimum absolute atomic E-state index is 0.134. The number of halogens is 2. The van der Waals surface area contributed by atoms with Crippen LogP contribution in [0.25, 0.3) is 0 Å². The van der Waals surface area contributed by atoms with Crippen molar-refractivity contribution in [3.05, 3.63) is 64.4 Å². The van der Waals surface area contributed by atoms with Crippen LogP contribution in [0.2, 0.25) is 5.02 Å². The lowest BCUT2D eigenvalue weighted by atomic mass is 9.78. The molecule has 1 atom stereocenters. The van der Waals surface area contributed by atoms with Gasteiger partial charge in [0.15, 0.2) is 0 Å². The van der Waals surface area contributed by atoms with Gasteiger partial charge in [0.1, 0.15) is 5.82 Å². The summed E-state index contributed by atoms with van der Waals surface area (Å²) in [6.45, 7) is 7.30. The van der Waals surface area contributed by atoms with Crippen molar-refractivity contribution in [2.75, 3.05) is 6.61 Å². The number of benzene rings is 2. The zero-order valence-electron chi connectivity index (χ0n) is 16.8. The summed E-state index contributed by atoms with van der Waals surface area (Å²) in [5.41, 5.74) is -0.107. The van der Waals surface area contributed by atoms with Crippen LogP contribution in [-0.4, -0.2) is 35.9 Å². The van der Waals surface area contributed by atoms with Crippen LogP contribution in [0, 0.1) is 5.82 Å². The molecule has 0 unspecified atom stereocenters. The second-order valence-electron chi connectivity index (χ2n) is 8.09. The summed E-state index contributed by atoms with van der Waals surface area (Å²) in [5, 5.41) is 12.7. The number of carbonyl (C=O) groups is 1. The third-order valence-electron chi connectivity index (χ3n) is 5.50. The summed E-state index contributed by atoms with van der Waals surface area (Å²) >= 11 is 5.97. The van der Waals surface area contributed by atoms with Crippen LogP contribution in [0.1, 0.15) is 49.7 Å². The number of rotatable bonds is 5. The maximum Gasteiger partial charge on any atom is 0.494 e. The van der Waals surface area contributed by atoms with Crippen LogP contribution in [-0.2, 0) is 9.31 Å². The Morgan fingerprint density at radius 2 is 1.83 bits per heavy atom. The van der Waals surface area contributed by atoms with Crippen molar-refractivity contribution in [2.45, 2.75) is 44.9 Å². The van der Waals surface area contributed by atoms with Gasteiger partial charge in [0.05, 0.1) is 29.4 Å². The lowest BCUT2D eigenvalue weighted by molar-refractivity contribution is 0.00578. The molecular weight excluding hydrogens is 395 g/mol. The van der Waals surface area contributed by atoms with Gasteiger partial charge in [-0.15, -0.1) is 0 Å². The highest BCUT2D eigenvalue weighted by molar-refractivity contribution is 6.62. The minimum Gasteiger partial charge on any atom is -0.399 e. The molecule has 29 heavy (non-hydrogen) atoms. The van der Waals surface area contributed by atoms with Gasteiger partial charge in [0, 0.05) is 5.02 Å². The zero-order chi connectivity index (χ0) is 21.4. The third kappa shape index (κ3) is 4.48. The topological polar surface area (TPSA) is 67.8 Å². The fourth-order valence-electron chi connectivity index (χ4n) is 3.03. The van der Waals surface area contributed by atoms with E-state index in [4.69, 9.17) is 20.9 Å². The first-order chi connectivity index (χ1) is 13.5. The van der Waals surface area contributed by atoms with Gasteiger partial charge in [0.25, 0.3) is 5.91 Å². The van der Waals surface area contributed by atoms with Gasteiger partial charge < -0.3 is 19.7 Å². The molecule has 2 aromatic carbocycles. The predicted molar refractivity (Wildman–Crippen MR) is 111 cm³/mol. The summed E-state index contributed by atoms with van der Waals surface area (Å²) in [6.07, 6.45) is 0. The number of carbonyl (C=O) groups excluding carboxylic acids is 1. The molecule has 1 heterocycles. The molecule has 0 bridgehead atoms. The van der Waals surface area contributed by atoms with Crippen LogP contribution in [0.5, 0.6) is 0 Å². The molecule has 0 spiro atoms. The first-order valence-corrected chi connectivity index (χ1v) is 9.74. The van der Waals surface area contributed by atoms with Crippen LogP contribution in [0.3, 0.4) is 0 Å². The summed E-state index contributed by atoms with van der Waals surface area (Å²) in [4.78, 5) is 12.6. The Labute approximate surface area is 175 Å². The average molecular weight is 420 g/mol. The molecule has 1 aliphatic rings. The quantitative estimate of drug-likeness (QED) is 0.730. The van der Waals surface area contributed by atoms with Crippen molar-refractivity contribution >= 4 is 30.1 Å². The van der Waals surface area contributed by atoms with E-state index in [-0.39, 0.29) is 12.2 Å². The molecule has 1 amide bonds. The van der Waals surface area contributed by atoms with E-state index in [0.29, 0.717) is 16.0 Å². The van der Waals surface area contributed by atoms with E-state index in [9.17, 15) is 14.3 Å². The van der Waals surface area contributed by atoms with E-state index >= 15 is 0 Å². The van der Waals surface area contributed by atoms with Gasteiger partial charge in [-0.1, -0.05) is 29.8 Å². The monoisotopic (exact) mass is 419 g/mol. The molecule has 0 aliphatic carbocycles. The first kappa shape index (κ1) is 21.8. The van der Waals surface area contributed by atoms with Gasteiger partial charge in [-0.25, -0.2) is 4.39 Å². The standard InChI is InChI=1S/C21H24BClFNO4/c1-20(2)21(3,4)29-22(28-20)14-8-9-16(17(24)11-14)19(27)25-18(12-26)13-6-5-7-15(23)10-13/h5-11,18,26H,12H2,1-4H3,(H,25,27)/t18-/m1/s1. The molecule has 0 saturated carbocycles. The highest BCUT2D eigenvalue weighted by atomic mass is 35.5. The Bertz CT molecular complexity index is 905. The lowest BCUT2D eigenvalue weighted by Crippen LogP contribution is -2.41. The second-order valence-corrected chi connectivity index (χ2v) is 8.53. The van der Waals surface area contributed by atoms with Crippen LogP contribution in [0.4, 0.5) is 4.39 Å². The molecule has 1 aliphatic heterocycles. The van der Waals surface area contributed by atoms with Gasteiger partial charge in [-0.05, 0) is 63.0 Å². The van der Waals surface area contributed by atoms with Crippen molar-refractivity contribution < 1.29 is 23.6 Å². The summed E-state index contributed by atoms with van der Waals surface area (Å²) in [7, 11) is -0.719. The zero-order valence-corrected chi connectivity index (χ0v) is 17.6. The van der Waals surface area contributed by atoms with E-state index in [1.807, 2.05) is 27.7 Å². The Morgan fingerprint density at radius 1 is 1.17 bits per heavy atom. The number of aliphatic hydroxyl groups is 1. The smallest absolute Gasteiger partial charge is 0.399 e. The van der Waals surface area contributed by atoms with Crippen LogP contribution < -0.4 is 10.8 Å². The molecule has 2 aromatic rings. The molecule has 154 valence electrons. The fourth-order valence-corrected chi connectivity index (χ4v) is 3.23. The predicted octanol–water partition coefficient (Wildman–Crippen LogP) is 3.24. The van der Waals surface area contributed by atoms with Gasteiger partial charge in [-0.2, -0.15) is 0 Å². The van der Waals surface area contributed by atoms with Crippen molar-refractivity contribution in [2.24, 2.45) is 0 Å². The first-order valence-electron chi connectivity index (χ1n) is 9.36. The number of hydrogen-bond acceptors (Lipinski definition) is 4. The number of hydrogen-bond donors (Lipinski definition) is 2. The molecule has 5 nitrogen and oxygen atoms in total. The summed E-state index contributed by atoms with van der Waals surface area (Å²) in [5.74, 6) is -1.33. The van der Waals surface area contributed by atoms with Crippen molar-refractivity contribution in [1.29, 1.82) is 0 Å². The van der Waals surface area contributed by atoms with E-state index in [2.05, 4.69) is 5.32 Å². The SMILES string of the molecule is CC1(C)OB(c2ccc(C(=O)N[C@H](CO)c3cccc(Cl)c3)c(F)c2)OC1(C)C. The van der Waals surface area contributed by atoms with Gasteiger partial charge >= 0.3 is 7.12 Å². The van der Waals surface area contributed by atoms with E-state index < -0.39 is 36.1 Å². The second kappa shape index (κ2) is 8.07. The third-order valence-corrected chi connectivity index (χ3v) is 5.74. The van der Waals surface area contributed by atoms with Gasteiger partial charge in [0.2, 0.25) is 0 Å². The minimum atomic E-state index is -0.719. The maximum absolute atomic E-state index is 14.7. The Hall–Kier alpha value is -1.93. The molecule has 8 heteroatoms. The average Bonchev–Trinajstić information content (AvgIpc) is 2.86. The van der Waals surface area contributed by atoms with Crippen molar-refractivity contribution in [3.8, 4) is 0 Å². The van der Waals surface area contributed by atoms with E-state index in [1.54, 1.807) is 30.3 Å². The highest BCUT2D eigenvalue weighted by Crippen LogP contribution is 2.36. The normalized spacial score (nSPS) is 18.5. The van der Waals surface area contributed by atoms with Crippen molar-refractivity contribution in [1.82, 2.24) is 5.32 Å². The van der Waals surface area contributed by atoms with Crippen LogP contribution in [0.15, 0.2) is 42.5 Å². The fraction of sp³-hybridized carbons (Fsp3) is 0.381. The van der Waals surface area contributed by atoms with Gasteiger partial charge in [-0.3, -0.25) is 4.79 Å². The van der Waals surface area contributed by atoms with E-state index in [1.165, 1.54) is 12.1 Å². The molecule has 2 N–H and O–H groups in total. The van der Waals surface area contributed by atoms with E-state index in [0.717, 1.165) is 0 Å². The Kier molecular flexibility index (Phi) is 6.06. The molecule has 0 radical (unpaired) electrons. The maximum atomic E-state index is 14.7. The Balaban J connectivity index is 1.77. The lowest BCUT2D eigenvalue weighted by Gasteiger charge is -2.32. The molecule has 1 saturated heterocycles. The largest absolute Gasteiger partial charge is 0.494 e. The highest BCUT2D eigenvalue weighted by Gasteiger charge is 2.51. The number of nitrogens with one attached hydrogen (secondary N) is 1. The molecule has 0 aromatic heterocycles. The summed E-state index contributed by atoms with van der Waals surface area (Å²) < 4.78 is 26.5.